The largest absolute Gasteiger partial charge is 0.462 e. The van der Waals surface area contributed by atoms with Gasteiger partial charge in [-0.25, -0.2) is 0 Å². The molecule has 1 aromatic heterocycles. The first-order valence-corrected chi connectivity index (χ1v) is 13.6. The molecular formula is C27H34ClN5O. The van der Waals surface area contributed by atoms with Crippen LogP contribution < -0.4 is 20.3 Å². The summed E-state index contributed by atoms with van der Waals surface area (Å²) < 4.78 is 6.25. The lowest BCUT2D eigenvalue weighted by Crippen LogP contribution is -2.52. The average Bonchev–Trinajstić information content (AvgIpc) is 3.58. The zero-order valence-electron chi connectivity index (χ0n) is 19.8. The number of hydrogen-bond acceptors (Lipinski definition) is 6. The fourth-order valence-corrected chi connectivity index (χ4v) is 7.56. The van der Waals surface area contributed by atoms with Crippen LogP contribution in [0.15, 0.2) is 18.2 Å². The van der Waals surface area contributed by atoms with E-state index in [0.717, 1.165) is 62.6 Å². The van der Waals surface area contributed by atoms with Gasteiger partial charge >= 0.3 is 6.01 Å². The second-order valence-corrected chi connectivity index (χ2v) is 11.5. The van der Waals surface area contributed by atoms with Gasteiger partial charge in [0.2, 0.25) is 0 Å². The topological polar surface area (TPSA) is 62.3 Å². The van der Waals surface area contributed by atoms with Crippen molar-refractivity contribution in [3.8, 4) is 6.01 Å². The number of nitrogens with zero attached hydrogens (tertiary/aromatic N) is 3. The monoisotopic (exact) mass is 479 g/mol. The third kappa shape index (κ3) is 3.61. The molecule has 3 aliphatic heterocycles. The van der Waals surface area contributed by atoms with Gasteiger partial charge in [0.25, 0.3) is 0 Å². The van der Waals surface area contributed by atoms with Gasteiger partial charge < -0.3 is 20.3 Å². The van der Waals surface area contributed by atoms with Crippen molar-refractivity contribution in [3.05, 3.63) is 45.6 Å². The van der Waals surface area contributed by atoms with Crippen molar-refractivity contribution < 1.29 is 4.74 Å². The zero-order chi connectivity index (χ0) is 22.7. The third-order valence-corrected chi connectivity index (χ3v) is 9.40. The highest BCUT2D eigenvalue weighted by Crippen LogP contribution is 2.50. The van der Waals surface area contributed by atoms with Crippen molar-refractivity contribution in [2.24, 2.45) is 0 Å². The van der Waals surface area contributed by atoms with Gasteiger partial charge in [0.15, 0.2) is 0 Å². The molecular weight excluding hydrogens is 446 g/mol. The molecule has 180 valence electrons. The number of fused-ring (bicyclic) bond motifs is 5. The zero-order valence-corrected chi connectivity index (χ0v) is 20.5. The van der Waals surface area contributed by atoms with Crippen molar-refractivity contribution in [3.63, 3.8) is 0 Å². The Balaban J connectivity index is 1.24. The van der Waals surface area contributed by atoms with E-state index < -0.39 is 0 Å². The fourth-order valence-electron chi connectivity index (χ4n) is 7.29. The van der Waals surface area contributed by atoms with Crippen LogP contribution in [0.4, 0.5) is 5.82 Å². The van der Waals surface area contributed by atoms with Crippen LogP contribution in [0.25, 0.3) is 0 Å². The molecule has 2 aromatic rings. The van der Waals surface area contributed by atoms with Gasteiger partial charge in [0.1, 0.15) is 12.4 Å². The van der Waals surface area contributed by atoms with E-state index in [1.165, 1.54) is 48.1 Å². The van der Waals surface area contributed by atoms with Crippen molar-refractivity contribution >= 4 is 17.4 Å². The highest BCUT2D eigenvalue weighted by atomic mass is 35.5. The van der Waals surface area contributed by atoms with Crippen molar-refractivity contribution in [2.45, 2.75) is 81.3 Å². The van der Waals surface area contributed by atoms with E-state index >= 15 is 0 Å². The van der Waals surface area contributed by atoms with Crippen LogP contribution in [0, 0.1) is 0 Å². The number of anilines is 1. The molecule has 5 aliphatic rings. The fraction of sp³-hybridized carbons (Fsp3) is 0.630. The Labute approximate surface area is 206 Å². The number of aromatic nitrogens is 2. The van der Waals surface area contributed by atoms with Gasteiger partial charge in [-0.15, -0.1) is 0 Å². The number of benzene rings is 1. The summed E-state index contributed by atoms with van der Waals surface area (Å²) in [6.45, 7) is 3.80. The number of nitrogens with one attached hydrogen (secondary N) is 2. The molecule has 0 radical (unpaired) electrons. The molecule has 3 saturated heterocycles. The molecule has 4 atom stereocenters. The highest BCUT2D eigenvalue weighted by molar-refractivity contribution is 6.31. The minimum atomic E-state index is 0.144. The Bertz CT molecular complexity index is 1090. The normalized spacial score (nSPS) is 31.7. The van der Waals surface area contributed by atoms with Crippen LogP contribution in [0.1, 0.15) is 60.9 Å². The van der Waals surface area contributed by atoms with E-state index in [1.807, 2.05) is 6.07 Å². The first kappa shape index (κ1) is 21.4. The Morgan fingerprint density at radius 2 is 1.88 bits per heavy atom. The smallest absolute Gasteiger partial charge is 0.318 e. The minimum Gasteiger partial charge on any atom is -0.462 e. The van der Waals surface area contributed by atoms with E-state index in [0.29, 0.717) is 30.7 Å². The second-order valence-electron chi connectivity index (χ2n) is 11.1. The van der Waals surface area contributed by atoms with Crippen LogP contribution in [0.2, 0.25) is 5.02 Å². The number of rotatable bonds is 4. The molecule has 34 heavy (non-hydrogen) atoms. The second kappa shape index (κ2) is 8.35. The lowest BCUT2D eigenvalue weighted by atomic mass is 9.69. The Morgan fingerprint density at radius 1 is 1.06 bits per heavy atom. The molecule has 7 heteroatoms. The predicted octanol–water partition coefficient (Wildman–Crippen LogP) is 3.57. The molecule has 2 N–H and O–H groups in total. The third-order valence-electron chi connectivity index (χ3n) is 9.05. The molecule has 4 heterocycles. The summed E-state index contributed by atoms with van der Waals surface area (Å²) in [6.07, 6.45) is 10.3. The summed E-state index contributed by atoms with van der Waals surface area (Å²) >= 11 is 6.60. The van der Waals surface area contributed by atoms with Gasteiger partial charge in [-0.05, 0) is 81.5 Å². The lowest BCUT2D eigenvalue weighted by molar-refractivity contribution is 0.254. The van der Waals surface area contributed by atoms with Crippen LogP contribution in [0.3, 0.4) is 0 Å². The van der Waals surface area contributed by atoms with Crippen molar-refractivity contribution in [1.82, 2.24) is 20.6 Å². The first-order valence-electron chi connectivity index (χ1n) is 13.2. The number of hydrogen-bond donors (Lipinski definition) is 2. The summed E-state index contributed by atoms with van der Waals surface area (Å²) in [5, 5.41) is 8.22. The summed E-state index contributed by atoms with van der Waals surface area (Å²) in [4.78, 5) is 12.6. The van der Waals surface area contributed by atoms with E-state index in [2.05, 4.69) is 27.7 Å². The lowest BCUT2D eigenvalue weighted by Gasteiger charge is -2.39. The van der Waals surface area contributed by atoms with Crippen LogP contribution in [-0.2, 0) is 24.7 Å². The average molecular weight is 480 g/mol. The van der Waals surface area contributed by atoms with Crippen LogP contribution in [-0.4, -0.2) is 54.3 Å². The van der Waals surface area contributed by atoms with E-state index in [1.54, 1.807) is 0 Å². The molecule has 3 unspecified atom stereocenters. The SMILES string of the molecule is Clc1cccc2c1CCC21CCc2c(nc(OC[C@@H]3CCCN3)nc2N2CC3CCC(C2)N3)C1. The van der Waals surface area contributed by atoms with Gasteiger partial charge in [-0.2, -0.15) is 9.97 Å². The maximum Gasteiger partial charge on any atom is 0.318 e. The maximum absolute atomic E-state index is 6.60. The molecule has 1 aromatic carbocycles. The predicted molar refractivity (Wildman–Crippen MR) is 134 cm³/mol. The van der Waals surface area contributed by atoms with E-state index in [9.17, 15) is 0 Å². The number of piperazine rings is 1. The maximum atomic E-state index is 6.60. The first-order chi connectivity index (χ1) is 16.7. The molecule has 7 rings (SSSR count). The molecule has 2 bridgehead atoms. The standard InChI is InChI=1S/C27H34ClN5O/c28-23-5-1-4-22-20(23)8-10-27(22)11-9-21-24(13-27)31-26(34-16-19-3-2-12-29-19)32-25(21)33-14-17-6-7-18(15-33)30-17/h1,4-5,17-19,29-30H,2-3,6-16H2/t17?,18?,19-,27?/m0/s1. The van der Waals surface area contributed by atoms with Gasteiger partial charge in [0, 0.05) is 47.2 Å². The Hall–Kier alpha value is -1.89. The van der Waals surface area contributed by atoms with E-state index in [-0.39, 0.29) is 5.41 Å². The van der Waals surface area contributed by atoms with Gasteiger partial charge in [-0.3, -0.25) is 0 Å². The number of ether oxygens (including phenoxy) is 1. The summed E-state index contributed by atoms with van der Waals surface area (Å²) in [7, 11) is 0. The molecule has 6 nitrogen and oxygen atoms in total. The van der Waals surface area contributed by atoms with Crippen LogP contribution in [0.5, 0.6) is 6.01 Å². The van der Waals surface area contributed by atoms with E-state index in [4.69, 9.17) is 26.3 Å². The summed E-state index contributed by atoms with van der Waals surface area (Å²) in [6, 6.07) is 8.60. The van der Waals surface area contributed by atoms with Crippen LogP contribution >= 0.6 is 11.6 Å². The van der Waals surface area contributed by atoms with Gasteiger partial charge in [-0.1, -0.05) is 23.7 Å². The summed E-state index contributed by atoms with van der Waals surface area (Å²) in [5.41, 5.74) is 5.50. The highest BCUT2D eigenvalue weighted by Gasteiger charge is 2.44. The quantitative estimate of drug-likeness (QED) is 0.699. The molecule has 3 fully saturated rings. The molecule has 0 saturated carbocycles. The Kier molecular flexibility index (Phi) is 5.26. The van der Waals surface area contributed by atoms with Crippen molar-refractivity contribution in [1.29, 1.82) is 0 Å². The Morgan fingerprint density at radius 3 is 2.68 bits per heavy atom. The van der Waals surface area contributed by atoms with Crippen molar-refractivity contribution in [2.75, 3.05) is 31.1 Å². The molecule has 0 amide bonds. The number of halogens is 1. The molecule has 2 aliphatic carbocycles. The summed E-state index contributed by atoms with van der Waals surface area (Å²) in [5.74, 6) is 1.14. The molecule has 1 spiro atoms. The van der Waals surface area contributed by atoms with Gasteiger partial charge in [0.05, 0.1) is 5.69 Å². The minimum absolute atomic E-state index is 0.144.